The van der Waals surface area contributed by atoms with E-state index in [-0.39, 0.29) is 0 Å². The van der Waals surface area contributed by atoms with Gasteiger partial charge in [0.25, 0.3) is 0 Å². The van der Waals surface area contributed by atoms with Crippen molar-refractivity contribution >= 4 is 0 Å². The topological polar surface area (TPSA) is 67.8 Å². The van der Waals surface area contributed by atoms with E-state index in [9.17, 15) is 0 Å². The number of aryl methyl sites for hydroxylation is 2. The number of furan rings is 1. The molecule has 0 aliphatic heterocycles. The van der Waals surface area contributed by atoms with Gasteiger partial charge in [0.15, 0.2) is 0 Å². The van der Waals surface area contributed by atoms with Gasteiger partial charge in [0, 0.05) is 30.1 Å². The second kappa shape index (κ2) is 4.28. The van der Waals surface area contributed by atoms with Crippen LogP contribution in [0.2, 0.25) is 0 Å². The fraction of sp³-hybridized carbons (Fsp3) is 0.500. The van der Waals surface area contributed by atoms with Gasteiger partial charge in [0.2, 0.25) is 0 Å². The minimum absolute atomic E-state index is 0.297. The molecule has 18 heavy (non-hydrogen) atoms. The van der Waals surface area contributed by atoms with Crippen molar-refractivity contribution in [3.63, 3.8) is 0 Å². The van der Waals surface area contributed by atoms with Crippen LogP contribution in [0.15, 0.2) is 16.7 Å². The van der Waals surface area contributed by atoms with E-state index in [1.54, 1.807) is 6.26 Å². The lowest BCUT2D eigenvalue weighted by Gasteiger charge is -2.15. The Kier molecular flexibility index (Phi) is 2.74. The van der Waals surface area contributed by atoms with Crippen molar-refractivity contribution in [2.24, 2.45) is 11.7 Å². The molecule has 3 rings (SSSR count). The summed E-state index contributed by atoms with van der Waals surface area (Å²) in [6.45, 7) is 4.99. The summed E-state index contributed by atoms with van der Waals surface area (Å²) in [7, 11) is 0. The van der Waals surface area contributed by atoms with E-state index < -0.39 is 0 Å². The van der Waals surface area contributed by atoms with Crippen LogP contribution in [0.1, 0.15) is 37.0 Å². The van der Waals surface area contributed by atoms with Crippen LogP contribution in [-0.2, 0) is 12.8 Å². The minimum Gasteiger partial charge on any atom is -0.469 e. The zero-order valence-electron chi connectivity index (χ0n) is 10.9. The normalized spacial score (nSPS) is 15.6. The largest absolute Gasteiger partial charge is 0.469 e. The molecule has 1 atom stereocenters. The Balaban J connectivity index is 2.03. The highest BCUT2D eigenvalue weighted by molar-refractivity contribution is 5.66. The zero-order valence-corrected chi connectivity index (χ0v) is 10.9. The summed E-state index contributed by atoms with van der Waals surface area (Å²) in [5.41, 5.74) is 9.27. The predicted molar refractivity (Wildman–Crippen MR) is 70.3 cm³/mol. The highest BCUT2D eigenvalue weighted by Crippen LogP contribution is 2.34. The number of hydrogen-bond acceptors (Lipinski definition) is 3. The van der Waals surface area contributed by atoms with E-state index >= 15 is 0 Å². The predicted octanol–water partition coefficient (Wildman–Crippen LogP) is 2.47. The molecule has 1 aliphatic carbocycles. The standard InChI is InChI=1S/C14H19N3O/c1-8(2)10(7-15)14-16-11-3-4-12-9(5-6-18-12)13(11)17-14/h5-6,8,10H,3-4,7,15H2,1-2H3,(H,16,17). The number of hydrogen-bond donors (Lipinski definition) is 2. The molecule has 0 aromatic carbocycles. The Hall–Kier alpha value is -1.55. The first-order chi connectivity index (χ1) is 8.70. The number of nitrogens with zero attached hydrogens (tertiary/aromatic N) is 1. The van der Waals surface area contributed by atoms with Gasteiger partial charge >= 0.3 is 0 Å². The first-order valence-electron chi connectivity index (χ1n) is 6.56. The van der Waals surface area contributed by atoms with E-state index in [0.29, 0.717) is 18.4 Å². The van der Waals surface area contributed by atoms with Crippen molar-refractivity contribution in [1.82, 2.24) is 9.97 Å². The van der Waals surface area contributed by atoms with Crippen molar-refractivity contribution in [3.8, 4) is 11.3 Å². The number of aromatic amines is 1. The Morgan fingerprint density at radius 2 is 2.28 bits per heavy atom. The molecule has 2 heterocycles. The molecule has 1 aliphatic rings. The van der Waals surface area contributed by atoms with E-state index in [1.165, 1.54) is 5.69 Å². The van der Waals surface area contributed by atoms with Crippen molar-refractivity contribution in [3.05, 3.63) is 29.6 Å². The van der Waals surface area contributed by atoms with Gasteiger partial charge in [-0.25, -0.2) is 4.98 Å². The van der Waals surface area contributed by atoms with Crippen LogP contribution in [-0.4, -0.2) is 16.5 Å². The van der Waals surface area contributed by atoms with Gasteiger partial charge in [-0.1, -0.05) is 13.8 Å². The van der Waals surface area contributed by atoms with Gasteiger partial charge in [-0.15, -0.1) is 0 Å². The molecular formula is C14H19N3O. The molecule has 2 aromatic rings. The number of aromatic nitrogens is 2. The fourth-order valence-corrected chi connectivity index (χ4v) is 2.69. The second-order valence-electron chi connectivity index (χ2n) is 5.29. The Labute approximate surface area is 107 Å². The van der Waals surface area contributed by atoms with Crippen LogP contribution in [0.5, 0.6) is 0 Å². The number of imidazole rings is 1. The third-order valence-corrected chi connectivity index (χ3v) is 3.81. The molecule has 2 aromatic heterocycles. The highest BCUT2D eigenvalue weighted by atomic mass is 16.3. The Morgan fingerprint density at radius 3 is 3.00 bits per heavy atom. The average Bonchev–Trinajstić information content (AvgIpc) is 2.93. The summed E-state index contributed by atoms with van der Waals surface area (Å²) in [4.78, 5) is 8.23. The van der Waals surface area contributed by atoms with Crippen LogP contribution in [0.4, 0.5) is 0 Å². The number of fused-ring (bicyclic) bond motifs is 3. The van der Waals surface area contributed by atoms with Crippen LogP contribution >= 0.6 is 0 Å². The maximum atomic E-state index is 5.86. The molecule has 0 spiro atoms. The fourth-order valence-electron chi connectivity index (χ4n) is 2.69. The number of nitrogens with two attached hydrogens (primary N) is 1. The first kappa shape index (κ1) is 11.5. The van der Waals surface area contributed by atoms with Crippen LogP contribution in [0, 0.1) is 5.92 Å². The van der Waals surface area contributed by atoms with Gasteiger partial charge < -0.3 is 15.1 Å². The molecule has 0 saturated heterocycles. The minimum atomic E-state index is 0.297. The third-order valence-electron chi connectivity index (χ3n) is 3.81. The summed E-state index contributed by atoms with van der Waals surface area (Å²) in [6.07, 6.45) is 3.67. The molecule has 1 unspecified atom stereocenters. The molecule has 4 nitrogen and oxygen atoms in total. The number of nitrogens with one attached hydrogen (secondary N) is 1. The quantitative estimate of drug-likeness (QED) is 0.872. The van der Waals surface area contributed by atoms with Crippen molar-refractivity contribution in [2.75, 3.05) is 6.54 Å². The molecule has 0 amide bonds. The Morgan fingerprint density at radius 1 is 1.44 bits per heavy atom. The average molecular weight is 245 g/mol. The molecule has 96 valence electrons. The summed E-state index contributed by atoms with van der Waals surface area (Å²) < 4.78 is 5.48. The molecule has 3 N–H and O–H groups in total. The summed E-state index contributed by atoms with van der Waals surface area (Å²) in [5.74, 6) is 2.86. The molecule has 0 saturated carbocycles. The molecule has 0 radical (unpaired) electrons. The third kappa shape index (κ3) is 1.68. The lowest BCUT2D eigenvalue weighted by molar-refractivity contribution is 0.486. The lowest BCUT2D eigenvalue weighted by Crippen LogP contribution is -2.19. The molecule has 0 fully saturated rings. The first-order valence-corrected chi connectivity index (χ1v) is 6.56. The Bertz CT molecular complexity index is 553. The molecule has 0 bridgehead atoms. The van der Waals surface area contributed by atoms with E-state index in [0.717, 1.165) is 35.7 Å². The van der Waals surface area contributed by atoms with E-state index in [4.69, 9.17) is 15.1 Å². The zero-order chi connectivity index (χ0) is 12.7. The summed E-state index contributed by atoms with van der Waals surface area (Å²) in [6, 6.07) is 2.00. The maximum absolute atomic E-state index is 5.86. The summed E-state index contributed by atoms with van der Waals surface area (Å²) >= 11 is 0. The SMILES string of the molecule is CC(C)C(CN)c1nc2c([nH]1)CCc1occc1-2. The molecular weight excluding hydrogens is 226 g/mol. The van der Waals surface area contributed by atoms with Crippen LogP contribution in [0.3, 0.4) is 0 Å². The van der Waals surface area contributed by atoms with Gasteiger partial charge in [0.1, 0.15) is 11.6 Å². The van der Waals surface area contributed by atoms with Crippen LogP contribution < -0.4 is 5.73 Å². The highest BCUT2D eigenvalue weighted by Gasteiger charge is 2.25. The number of H-pyrrole nitrogens is 1. The van der Waals surface area contributed by atoms with Gasteiger partial charge in [-0.05, 0) is 18.4 Å². The molecule has 4 heteroatoms. The van der Waals surface area contributed by atoms with E-state index in [1.807, 2.05) is 6.07 Å². The van der Waals surface area contributed by atoms with Crippen molar-refractivity contribution in [2.45, 2.75) is 32.6 Å². The second-order valence-corrected chi connectivity index (χ2v) is 5.29. The van der Waals surface area contributed by atoms with Crippen LogP contribution in [0.25, 0.3) is 11.3 Å². The van der Waals surface area contributed by atoms with Gasteiger partial charge in [-0.2, -0.15) is 0 Å². The maximum Gasteiger partial charge on any atom is 0.113 e. The van der Waals surface area contributed by atoms with E-state index in [2.05, 4.69) is 18.8 Å². The van der Waals surface area contributed by atoms with Gasteiger partial charge in [0.05, 0.1) is 12.0 Å². The number of rotatable bonds is 3. The lowest BCUT2D eigenvalue weighted by atomic mass is 9.95. The smallest absolute Gasteiger partial charge is 0.113 e. The van der Waals surface area contributed by atoms with Crippen molar-refractivity contribution in [1.29, 1.82) is 0 Å². The van der Waals surface area contributed by atoms with Crippen molar-refractivity contribution < 1.29 is 4.42 Å². The monoisotopic (exact) mass is 245 g/mol. The summed E-state index contributed by atoms with van der Waals surface area (Å²) in [5, 5.41) is 0. The van der Waals surface area contributed by atoms with Gasteiger partial charge in [-0.3, -0.25) is 0 Å².